The Bertz CT molecular complexity index is 429. The quantitative estimate of drug-likeness (QED) is 0.741. The summed E-state index contributed by atoms with van der Waals surface area (Å²) in [5.41, 5.74) is 1.67. The first kappa shape index (κ1) is 13.2. The lowest BCUT2D eigenvalue weighted by Gasteiger charge is -2.08. The number of hydrogen-bond acceptors (Lipinski definition) is 5. The minimum Gasteiger partial charge on any atom is -0.469 e. The predicted octanol–water partition coefficient (Wildman–Crippen LogP) is 1.42. The Kier molecular flexibility index (Phi) is 4.63. The van der Waals surface area contributed by atoms with E-state index in [9.17, 15) is 9.59 Å². The molecule has 0 aliphatic rings. The Hall–Kier alpha value is -1.91. The first-order valence-electron chi connectivity index (χ1n) is 5.23. The number of aryl methyl sites for hydroxylation is 2. The number of nitrogens with zero attached hydrogens (tertiary/aromatic N) is 1. The predicted molar refractivity (Wildman–Crippen MR) is 60.6 cm³/mol. The molecule has 0 amide bonds. The van der Waals surface area contributed by atoms with Crippen LogP contribution in [0.4, 0.5) is 0 Å². The first-order chi connectivity index (χ1) is 8.02. The number of ether oxygens (including phenoxy) is 2. The van der Waals surface area contributed by atoms with Gasteiger partial charge in [-0.1, -0.05) is 0 Å². The largest absolute Gasteiger partial charge is 0.469 e. The van der Waals surface area contributed by atoms with Crippen molar-refractivity contribution in [3.8, 4) is 5.88 Å². The van der Waals surface area contributed by atoms with E-state index in [0.717, 1.165) is 11.1 Å². The van der Waals surface area contributed by atoms with E-state index in [1.807, 2.05) is 13.0 Å². The lowest BCUT2D eigenvalue weighted by Crippen LogP contribution is -2.08. The van der Waals surface area contributed by atoms with Gasteiger partial charge in [-0.15, -0.1) is 0 Å². The maximum Gasteiger partial charge on any atom is 0.309 e. The Morgan fingerprint density at radius 3 is 2.71 bits per heavy atom. The van der Waals surface area contributed by atoms with Gasteiger partial charge < -0.3 is 9.47 Å². The molecule has 5 nitrogen and oxygen atoms in total. The van der Waals surface area contributed by atoms with Crippen LogP contribution in [0, 0.1) is 6.92 Å². The molecule has 0 unspecified atom stereocenters. The van der Waals surface area contributed by atoms with E-state index in [2.05, 4.69) is 9.72 Å². The van der Waals surface area contributed by atoms with Crippen molar-refractivity contribution in [2.75, 3.05) is 7.11 Å². The van der Waals surface area contributed by atoms with Crippen LogP contribution in [0.1, 0.15) is 24.5 Å². The zero-order valence-corrected chi connectivity index (χ0v) is 10.1. The number of esters is 2. The van der Waals surface area contributed by atoms with Crippen LogP contribution in [0.3, 0.4) is 0 Å². The number of pyridine rings is 1. The molecular weight excluding hydrogens is 222 g/mol. The fourth-order valence-electron chi connectivity index (χ4n) is 1.36. The molecule has 1 aromatic rings. The fourth-order valence-corrected chi connectivity index (χ4v) is 1.36. The van der Waals surface area contributed by atoms with Gasteiger partial charge in [0.1, 0.15) is 0 Å². The van der Waals surface area contributed by atoms with E-state index in [4.69, 9.17) is 4.74 Å². The van der Waals surface area contributed by atoms with Crippen molar-refractivity contribution >= 4 is 11.9 Å². The minimum absolute atomic E-state index is 0.232. The average molecular weight is 237 g/mol. The summed E-state index contributed by atoms with van der Waals surface area (Å²) in [6.07, 6.45) is 2.28. The van der Waals surface area contributed by atoms with Crippen molar-refractivity contribution in [3.05, 3.63) is 23.4 Å². The van der Waals surface area contributed by atoms with Crippen LogP contribution in [0.2, 0.25) is 0 Å². The van der Waals surface area contributed by atoms with Crippen molar-refractivity contribution in [2.24, 2.45) is 0 Å². The molecule has 1 rings (SSSR count). The lowest BCUT2D eigenvalue weighted by molar-refractivity contribution is -0.140. The number of hydrogen-bond donors (Lipinski definition) is 0. The zero-order valence-electron chi connectivity index (χ0n) is 10.1. The Labute approximate surface area is 99.8 Å². The van der Waals surface area contributed by atoms with Crippen LogP contribution in [0.15, 0.2) is 12.3 Å². The number of aromatic nitrogens is 1. The summed E-state index contributed by atoms with van der Waals surface area (Å²) in [5.74, 6) is -0.479. The Morgan fingerprint density at radius 1 is 1.41 bits per heavy atom. The molecule has 0 atom stereocenters. The summed E-state index contributed by atoms with van der Waals surface area (Å²) in [6, 6.07) is 1.84. The standard InChI is InChI=1S/C12H15NO4/c1-8-6-10(4-5-11(15)16-3)12(13-7-8)17-9(2)14/h6-7H,4-5H2,1-3H3. The summed E-state index contributed by atoms with van der Waals surface area (Å²) < 4.78 is 9.52. The van der Waals surface area contributed by atoms with Crippen LogP contribution in [-0.2, 0) is 20.7 Å². The van der Waals surface area contributed by atoms with Gasteiger partial charge in [0.2, 0.25) is 5.88 Å². The highest BCUT2D eigenvalue weighted by atomic mass is 16.5. The van der Waals surface area contributed by atoms with Gasteiger partial charge in [0.15, 0.2) is 0 Å². The molecule has 0 spiro atoms. The third-order valence-corrected chi connectivity index (χ3v) is 2.13. The second-order valence-corrected chi connectivity index (χ2v) is 3.65. The lowest BCUT2D eigenvalue weighted by atomic mass is 10.1. The van der Waals surface area contributed by atoms with Gasteiger partial charge in [0, 0.05) is 25.1 Å². The molecule has 1 heterocycles. The van der Waals surface area contributed by atoms with Crippen LogP contribution in [0.5, 0.6) is 5.88 Å². The smallest absolute Gasteiger partial charge is 0.309 e. The first-order valence-corrected chi connectivity index (χ1v) is 5.23. The second-order valence-electron chi connectivity index (χ2n) is 3.65. The normalized spacial score (nSPS) is 9.82. The highest BCUT2D eigenvalue weighted by Crippen LogP contribution is 2.18. The van der Waals surface area contributed by atoms with E-state index >= 15 is 0 Å². The third-order valence-electron chi connectivity index (χ3n) is 2.13. The molecule has 0 aliphatic heterocycles. The SMILES string of the molecule is COC(=O)CCc1cc(C)cnc1OC(C)=O. The molecule has 0 bridgehead atoms. The maximum absolute atomic E-state index is 11.1. The van der Waals surface area contributed by atoms with Gasteiger partial charge in [-0.2, -0.15) is 0 Å². The molecule has 0 N–H and O–H groups in total. The molecule has 0 aliphatic carbocycles. The van der Waals surface area contributed by atoms with E-state index < -0.39 is 5.97 Å². The molecule has 0 saturated carbocycles. The zero-order chi connectivity index (χ0) is 12.8. The Balaban J connectivity index is 2.83. The molecule has 0 radical (unpaired) electrons. The summed E-state index contributed by atoms with van der Waals surface area (Å²) in [7, 11) is 1.34. The van der Waals surface area contributed by atoms with Crippen molar-refractivity contribution in [1.29, 1.82) is 0 Å². The molecule has 0 saturated heterocycles. The highest BCUT2D eigenvalue weighted by Gasteiger charge is 2.10. The van der Waals surface area contributed by atoms with Gasteiger partial charge in [-0.05, 0) is 25.0 Å². The molecular formula is C12H15NO4. The van der Waals surface area contributed by atoms with Crippen molar-refractivity contribution < 1.29 is 19.1 Å². The summed E-state index contributed by atoms with van der Waals surface area (Å²) in [5, 5.41) is 0. The van der Waals surface area contributed by atoms with Crippen molar-refractivity contribution in [1.82, 2.24) is 4.98 Å². The van der Waals surface area contributed by atoms with Crippen LogP contribution in [0.25, 0.3) is 0 Å². The fraction of sp³-hybridized carbons (Fsp3) is 0.417. The maximum atomic E-state index is 11.1. The van der Waals surface area contributed by atoms with Crippen molar-refractivity contribution in [3.63, 3.8) is 0 Å². The molecule has 1 aromatic heterocycles. The van der Waals surface area contributed by atoms with Gasteiger partial charge in [-0.25, -0.2) is 4.98 Å². The molecule has 0 aromatic carbocycles. The van der Waals surface area contributed by atoms with Crippen molar-refractivity contribution in [2.45, 2.75) is 26.7 Å². The van der Waals surface area contributed by atoms with Crippen LogP contribution in [-0.4, -0.2) is 24.0 Å². The van der Waals surface area contributed by atoms with Gasteiger partial charge in [0.05, 0.1) is 7.11 Å². The second kappa shape index (κ2) is 5.98. The van der Waals surface area contributed by atoms with E-state index in [0.29, 0.717) is 6.42 Å². The highest BCUT2D eigenvalue weighted by molar-refractivity contribution is 5.70. The molecule has 0 fully saturated rings. The van der Waals surface area contributed by atoms with E-state index in [-0.39, 0.29) is 18.3 Å². The topological polar surface area (TPSA) is 65.5 Å². The van der Waals surface area contributed by atoms with Crippen LogP contribution < -0.4 is 4.74 Å². The molecule has 5 heteroatoms. The summed E-state index contributed by atoms with van der Waals surface area (Å²) in [6.45, 7) is 3.19. The average Bonchev–Trinajstić information content (AvgIpc) is 2.28. The number of carbonyl (C=O) groups excluding carboxylic acids is 2. The van der Waals surface area contributed by atoms with Crippen LogP contribution >= 0.6 is 0 Å². The molecule has 17 heavy (non-hydrogen) atoms. The van der Waals surface area contributed by atoms with Gasteiger partial charge in [-0.3, -0.25) is 9.59 Å². The third kappa shape index (κ3) is 4.22. The van der Waals surface area contributed by atoms with Gasteiger partial charge >= 0.3 is 11.9 Å². The number of methoxy groups -OCH3 is 1. The summed E-state index contributed by atoms with van der Waals surface area (Å²) in [4.78, 5) is 26.0. The monoisotopic (exact) mass is 237 g/mol. The molecule has 92 valence electrons. The van der Waals surface area contributed by atoms with Gasteiger partial charge in [0.25, 0.3) is 0 Å². The summed E-state index contributed by atoms with van der Waals surface area (Å²) >= 11 is 0. The Morgan fingerprint density at radius 2 is 2.12 bits per heavy atom. The number of carbonyl (C=O) groups is 2. The van der Waals surface area contributed by atoms with E-state index in [1.165, 1.54) is 14.0 Å². The van der Waals surface area contributed by atoms with E-state index in [1.54, 1.807) is 6.20 Å². The number of rotatable bonds is 4. The minimum atomic E-state index is -0.430.